The van der Waals surface area contributed by atoms with Gasteiger partial charge in [-0.05, 0) is 10.9 Å². The van der Waals surface area contributed by atoms with Crippen LogP contribution in [0.5, 0.6) is 0 Å². The molecular formula is C5H5BrO. The van der Waals surface area contributed by atoms with E-state index in [0.717, 1.165) is 6.26 Å². The normalized spacial score (nSPS) is 8.14. The first-order chi connectivity index (χ1) is 3.41. The Morgan fingerprint density at radius 1 is 1.71 bits per heavy atom. The molecule has 0 fully saturated rings. The largest absolute Gasteiger partial charge is 0.516 e. The van der Waals surface area contributed by atoms with E-state index in [-0.39, 0.29) is 0 Å². The van der Waals surface area contributed by atoms with Crippen LogP contribution in [-0.2, 0) is 0 Å². The van der Waals surface area contributed by atoms with E-state index in [9.17, 15) is 0 Å². The minimum Gasteiger partial charge on any atom is -0.516 e. The zero-order valence-electron chi connectivity index (χ0n) is 3.69. The predicted octanol–water partition coefficient (Wildman–Crippen LogP) is 1.80. The first-order valence-electron chi connectivity index (χ1n) is 1.79. The zero-order chi connectivity index (χ0) is 5.54. The van der Waals surface area contributed by atoms with Gasteiger partial charge in [0.1, 0.15) is 0 Å². The molecule has 38 valence electrons. The Hall–Kier alpha value is -0.420. The van der Waals surface area contributed by atoms with E-state index in [1.165, 1.54) is 0 Å². The minimum atomic E-state index is 0.599. The Morgan fingerprint density at radius 3 is 2.86 bits per heavy atom. The Kier molecular flexibility index (Phi) is 5.25. The van der Waals surface area contributed by atoms with Gasteiger partial charge in [-0.2, -0.15) is 0 Å². The molecule has 0 bridgehead atoms. The molecule has 0 amide bonds. The molecule has 0 rings (SSSR count). The van der Waals surface area contributed by atoms with E-state index in [2.05, 4.69) is 26.7 Å². The van der Waals surface area contributed by atoms with Crippen molar-refractivity contribution in [3.63, 3.8) is 0 Å². The summed E-state index contributed by atoms with van der Waals surface area (Å²) >= 11 is 2.90. The number of halogens is 1. The summed E-state index contributed by atoms with van der Waals surface area (Å²) < 4.78 is 0. The average molecular weight is 161 g/mol. The van der Waals surface area contributed by atoms with Gasteiger partial charge in [0, 0.05) is 22.4 Å². The highest BCUT2D eigenvalue weighted by Gasteiger charge is 1.61. The van der Waals surface area contributed by atoms with Crippen molar-refractivity contribution >= 4 is 15.9 Å². The van der Waals surface area contributed by atoms with E-state index in [1.54, 1.807) is 6.08 Å². The van der Waals surface area contributed by atoms with Crippen LogP contribution in [0.1, 0.15) is 6.42 Å². The van der Waals surface area contributed by atoms with Gasteiger partial charge in [0.05, 0.1) is 6.26 Å². The lowest BCUT2D eigenvalue weighted by molar-refractivity contribution is 0.472. The highest BCUT2D eigenvalue weighted by molar-refractivity contribution is 9.12. The molecule has 7 heavy (non-hydrogen) atoms. The Morgan fingerprint density at radius 2 is 2.43 bits per heavy atom. The maximum Gasteiger partial charge on any atom is 0.0761 e. The zero-order valence-corrected chi connectivity index (χ0v) is 5.27. The summed E-state index contributed by atoms with van der Waals surface area (Å²) in [5.74, 6) is 2.67. The van der Waals surface area contributed by atoms with Gasteiger partial charge >= 0.3 is 0 Å². The van der Waals surface area contributed by atoms with Crippen LogP contribution in [0.4, 0.5) is 0 Å². The molecule has 0 aromatic rings. The molecule has 1 N–H and O–H groups in total. The molecule has 0 atom stereocenters. The molecule has 0 aliphatic heterocycles. The quantitative estimate of drug-likeness (QED) is 0.459. The second-order valence-corrected chi connectivity index (χ2v) is 1.26. The Bertz CT molecular complexity index is 107. The third-order valence-electron chi connectivity index (χ3n) is 0.392. The second-order valence-electron chi connectivity index (χ2n) is 0.860. The first-order valence-corrected chi connectivity index (χ1v) is 2.59. The SMILES string of the molecule is O/C=C/CC#CBr. The van der Waals surface area contributed by atoms with Crippen molar-refractivity contribution in [2.45, 2.75) is 6.42 Å². The molecule has 0 spiro atoms. The van der Waals surface area contributed by atoms with Crippen molar-refractivity contribution in [1.82, 2.24) is 0 Å². The van der Waals surface area contributed by atoms with Crippen molar-refractivity contribution in [2.75, 3.05) is 0 Å². The molecule has 0 aliphatic carbocycles. The van der Waals surface area contributed by atoms with Crippen LogP contribution in [0, 0.1) is 10.8 Å². The van der Waals surface area contributed by atoms with Crippen LogP contribution < -0.4 is 0 Å². The summed E-state index contributed by atoms with van der Waals surface area (Å²) in [4.78, 5) is 2.50. The Balaban J connectivity index is 3.09. The maximum atomic E-state index is 8.03. The molecule has 0 saturated heterocycles. The highest BCUT2D eigenvalue weighted by Crippen LogP contribution is 1.78. The van der Waals surface area contributed by atoms with E-state index < -0.39 is 0 Å². The van der Waals surface area contributed by atoms with Crippen LogP contribution in [-0.4, -0.2) is 5.11 Å². The number of aliphatic hydroxyl groups excluding tert-OH is 1. The summed E-state index contributed by atoms with van der Waals surface area (Å²) in [6.45, 7) is 0. The molecule has 0 radical (unpaired) electrons. The standard InChI is InChI=1S/C5H5BrO/c6-4-2-1-3-5-7/h3,5,7H,1H2/b5-3+. The van der Waals surface area contributed by atoms with E-state index in [1.807, 2.05) is 0 Å². The van der Waals surface area contributed by atoms with Crippen LogP contribution >= 0.6 is 15.9 Å². The fourth-order valence-electron chi connectivity index (χ4n) is 0.150. The molecule has 0 unspecified atom stereocenters. The lowest BCUT2D eigenvalue weighted by Crippen LogP contribution is -1.54. The van der Waals surface area contributed by atoms with Crippen molar-refractivity contribution < 1.29 is 5.11 Å². The topological polar surface area (TPSA) is 20.2 Å². The number of aliphatic hydroxyl groups is 1. The summed E-state index contributed by atoms with van der Waals surface area (Å²) in [6.07, 6.45) is 3.15. The van der Waals surface area contributed by atoms with Gasteiger partial charge in [-0.1, -0.05) is 5.92 Å². The number of allylic oxidation sites excluding steroid dienone is 1. The molecule has 0 aromatic carbocycles. The summed E-state index contributed by atoms with van der Waals surface area (Å²) in [5.41, 5.74) is 0. The molecule has 0 saturated carbocycles. The van der Waals surface area contributed by atoms with Gasteiger partial charge in [-0.15, -0.1) is 0 Å². The number of rotatable bonds is 1. The second kappa shape index (κ2) is 5.58. The summed E-state index contributed by atoms with van der Waals surface area (Å²) in [6, 6.07) is 0. The molecular weight excluding hydrogens is 156 g/mol. The monoisotopic (exact) mass is 160 g/mol. The summed E-state index contributed by atoms with van der Waals surface area (Å²) in [5, 5.41) is 8.03. The van der Waals surface area contributed by atoms with Crippen LogP contribution in [0.2, 0.25) is 0 Å². The van der Waals surface area contributed by atoms with Crippen LogP contribution in [0.15, 0.2) is 12.3 Å². The number of hydrogen-bond acceptors (Lipinski definition) is 1. The van der Waals surface area contributed by atoms with Gasteiger partial charge in [0.15, 0.2) is 0 Å². The molecule has 0 heterocycles. The van der Waals surface area contributed by atoms with E-state index in [4.69, 9.17) is 5.11 Å². The fraction of sp³-hybridized carbons (Fsp3) is 0.200. The highest BCUT2D eigenvalue weighted by atomic mass is 79.9. The van der Waals surface area contributed by atoms with Crippen LogP contribution in [0.25, 0.3) is 0 Å². The predicted molar refractivity (Wildman–Crippen MR) is 33.1 cm³/mol. The molecule has 1 nitrogen and oxygen atoms in total. The van der Waals surface area contributed by atoms with Gasteiger partial charge < -0.3 is 5.11 Å². The molecule has 0 aromatic heterocycles. The molecule has 2 heteroatoms. The van der Waals surface area contributed by atoms with Crippen molar-refractivity contribution in [1.29, 1.82) is 0 Å². The molecule has 0 aliphatic rings. The maximum absolute atomic E-state index is 8.03. The third kappa shape index (κ3) is 5.58. The lowest BCUT2D eigenvalue weighted by atomic mass is 10.4. The third-order valence-corrected chi connectivity index (χ3v) is 0.673. The van der Waals surface area contributed by atoms with Crippen LogP contribution in [0.3, 0.4) is 0 Å². The smallest absolute Gasteiger partial charge is 0.0761 e. The van der Waals surface area contributed by atoms with Crippen molar-refractivity contribution in [2.24, 2.45) is 0 Å². The number of hydrogen-bond donors (Lipinski definition) is 1. The Labute approximate surface area is 51.2 Å². The summed E-state index contributed by atoms with van der Waals surface area (Å²) in [7, 11) is 0. The first kappa shape index (κ1) is 6.58. The van der Waals surface area contributed by atoms with Crippen molar-refractivity contribution in [3.8, 4) is 10.8 Å². The minimum absolute atomic E-state index is 0.599. The average Bonchev–Trinajstić information content (AvgIpc) is 1.69. The van der Waals surface area contributed by atoms with Gasteiger partial charge in [0.25, 0.3) is 0 Å². The van der Waals surface area contributed by atoms with E-state index >= 15 is 0 Å². The van der Waals surface area contributed by atoms with Gasteiger partial charge in [-0.3, -0.25) is 0 Å². The van der Waals surface area contributed by atoms with Crippen molar-refractivity contribution in [3.05, 3.63) is 12.3 Å². The fourth-order valence-corrected chi connectivity index (χ4v) is 0.312. The van der Waals surface area contributed by atoms with Gasteiger partial charge in [-0.25, -0.2) is 0 Å². The van der Waals surface area contributed by atoms with E-state index in [0.29, 0.717) is 6.42 Å². The lowest BCUT2D eigenvalue weighted by Gasteiger charge is -1.68. The van der Waals surface area contributed by atoms with Gasteiger partial charge in [0.2, 0.25) is 0 Å².